The van der Waals surface area contributed by atoms with E-state index < -0.39 is 0 Å². The summed E-state index contributed by atoms with van der Waals surface area (Å²) in [6.45, 7) is 0.877. The van der Waals surface area contributed by atoms with E-state index in [-0.39, 0.29) is 12.6 Å². The van der Waals surface area contributed by atoms with Gasteiger partial charge in [0.2, 0.25) is 0 Å². The Morgan fingerprint density at radius 3 is 2.71 bits per heavy atom. The lowest BCUT2D eigenvalue weighted by molar-refractivity contribution is 0.200. The van der Waals surface area contributed by atoms with Crippen LogP contribution in [0.3, 0.4) is 0 Å². The third-order valence-electron chi connectivity index (χ3n) is 3.75. The van der Waals surface area contributed by atoms with E-state index in [2.05, 4.69) is 17.4 Å². The highest BCUT2D eigenvalue weighted by Crippen LogP contribution is 2.27. The van der Waals surface area contributed by atoms with Gasteiger partial charge in [-0.3, -0.25) is 0 Å². The summed E-state index contributed by atoms with van der Waals surface area (Å²) in [6, 6.07) is 10.9. The SMILES string of the molecule is NCC(NC1CCCC1CO)c1ccccc1. The topological polar surface area (TPSA) is 58.3 Å². The molecule has 0 amide bonds. The van der Waals surface area contributed by atoms with Gasteiger partial charge in [0.05, 0.1) is 0 Å². The van der Waals surface area contributed by atoms with Gasteiger partial charge in [-0.2, -0.15) is 0 Å². The number of nitrogens with two attached hydrogens (primary N) is 1. The fourth-order valence-corrected chi connectivity index (χ4v) is 2.72. The van der Waals surface area contributed by atoms with Crippen LogP contribution < -0.4 is 11.1 Å². The summed E-state index contributed by atoms with van der Waals surface area (Å²) in [6.07, 6.45) is 3.48. The van der Waals surface area contributed by atoms with Crippen LogP contribution in [0.2, 0.25) is 0 Å². The average Bonchev–Trinajstić information content (AvgIpc) is 2.84. The van der Waals surface area contributed by atoms with Crippen molar-refractivity contribution in [3.05, 3.63) is 35.9 Å². The second kappa shape index (κ2) is 6.15. The van der Waals surface area contributed by atoms with Crippen molar-refractivity contribution in [2.75, 3.05) is 13.2 Å². The average molecular weight is 234 g/mol. The van der Waals surface area contributed by atoms with Gasteiger partial charge in [0, 0.05) is 25.2 Å². The van der Waals surface area contributed by atoms with Gasteiger partial charge in [-0.1, -0.05) is 36.8 Å². The molecule has 0 saturated heterocycles. The largest absolute Gasteiger partial charge is 0.396 e. The first-order valence-corrected chi connectivity index (χ1v) is 6.47. The first-order chi connectivity index (χ1) is 8.35. The summed E-state index contributed by atoms with van der Waals surface area (Å²) < 4.78 is 0. The lowest BCUT2D eigenvalue weighted by Gasteiger charge is -2.25. The molecule has 0 bridgehead atoms. The van der Waals surface area contributed by atoms with Gasteiger partial charge in [0.25, 0.3) is 0 Å². The number of aliphatic hydroxyl groups excluding tert-OH is 1. The van der Waals surface area contributed by atoms with E-state index in [0.717, 1.165) is 12.8 Å². The second-order valence-electron chi connectivity index (χ2n) is 4.85. The molecule has 1 aromatic rings. The van der Waals surface area contributed by atoms with E-state index in [1.54, 1.807) is 0 Å². The minimum Gasteiger partial charge on any atom is -0.396 e. The minimum atomic E-state index is 0.202. The molecule has 1 fully saturated rings. The fourth-order valence-electron chi connectivity index (χ4n) is 2.72. The van der Waals surface area contributed by atoms with Gasteiger partial charge in [-0.05, 0) is 24.3 Å². The van der Waals surface area contributed by atoms with Crippen LogP contribution in [0.1, 0.15) is 30.9 Å². The van der Waals surface area contributed by atoms with Gasteiger partial charge in [-0.15, -0.1) is 0 Å². The molecule has 1 aromatic carbocycles. The molecule has 2 rings (SSSR count). The Morgan fingerprint density at radius 1 is 1.29 bits per heavy atom. The molecule has 0 heterocycles. The maximum absolute atomic E-state index is 9.32. The third-order valence-corrected chi connectivity index (χ3v) is 3.75. The third kappa shape index (κ3) is 3.06. The molecule has 1 aliphatic carbocycles. The van der Waals surface area contributed by atoms with Crippen molar-refractivity contribution >= 4 is 0 Å². The summed E-state index contributed by atoms with van der Waals surface area (Å²) >= 11 is 0. The molecule has 0 aromatic heterocycles. The van der Waals surface area contributed by atoms with Crippen LogP contribution in [0.25, 0.3) is 0 Å². The number of hydrogen-bond acceptors (Lipinski definition) is 3. The summed E-state index contributed by atoms with van der Waals surface area (Å²) in [5.74, 6) is 0.396. The molecule has 94 valence electrons. The summed E-state index contributed by atoms with van der Waals surface area (Å²) in [7, 11) is 0. The van der Waals surface area contributed by atoms with Gasteiger partial charge < -0.3 is 16.2 Å². The van der Waals surface area contributed by atoms with Crippen molar-refractivity contribution in [1.82, 2.24) is 5.32 Å². The van der Waals surface area contributed by atoms with E-state index in [9.17, 15) is 5.11 Å². The van der Waals surface area contributed by atoms with Gasteiger partial charge >= 0.3 is 0 Å². The Bertz CT molecular complexity index is 328. The number of nitrogens with one attached hydrogen (secondary N) is 1. The molecule has 3 unspecified atom stereocenters. The molecular weight excluding hydrogens is 212 g/mol. The molecule has 3 nitrogen and oxygen atoms in total. The van der Waals surface area contributed by atoms with Crippen molar-refractivity contribution in [2.24, 2.45) is 11.7 Å². The highest BCUT2D eigenvalue weighted by Gasteiger charge is 2.28. The summed E-state index contributed by atoms with van der Waals surface area (Å²) in [4.78, 5) is 0. The van der Waals surface area contributed by atoms with Crippen LogP contribution in [-0.2, 0) is 0 Å². The van der Waals surface area contributed by atoms with Crippen LogP contribution in [0.15, 0.2) is 30.3 Å². The molecule has 0 aliphatic heterocycles. The Balaban J connectivity index is 2.00. The van der Waals surface area contributed by atoms with Crippen LogP contribution in [0.4, 0.5) is 0 Å². The molecule has 0 spiro atoms. The quantitative estimate of drug-likeness (QED) is 0.722. The number of aliphatic hydroxyl groups is 1. The molecular formula is C14H22N2O. The van der Waals surface area contributed by atoms with E-state index in [0.29, 0.717) is 18.5 Å². The number of hydrogen-bond donors (Lipinski definition) is 3. The molecule has 1 saturated carbocycles. The Labute approximate surface area is 103 Å². The minimum absolute atomic E-state index is 0.202. The molecule has 4 N–H and O–H groups in total. The first kappa shape index (κ1) is 12.6. The van der Waals surface area contributed by atoms with Crippen molar-refractivity contribution in [3.8, 4) is 0 Å². The Hall–Kier alpha value is -0.900. The molecule has 1 aliphatic rings. The zero-order valence-corrected chi connectivity index (χ0v) is 10.2. The van der Waals surface area contributed by atoms with Crippen molar-refractivity contribution in [2.45, 2.75) is 31.3 Å². The van der Waals surface area contributed by atoms with E-state index in [1.165, 1.54) is 12.0 Å². The van der Waals surface area contributed by atoms with E-state index in [4.69, 9.17) is 5.73 Å². The molecule has 0 radical (unpaired) electrons. The van der Waals surface area contributed by atoms with Crippen LogP contribution in [0, 0.1) is 5.92 Å². The second-order valence-corrected chi connectivity index (χ2v) is 4.85. The monoisotopic (exact) mass is 234 g/mol. The van der Waals surface area contributed by atoms with E-state index >= 15 is 0 Å². The molecule has 3 atom stereocenters. The molecule has 17 heavy (non-hydrogen) atoms. The summed E-state index contributed by atoms with van der Waals surface area (Å²) in [5.41, 5.74) is 7.08. The number of benzene rings is 1. The zero-order chi connectivity index (χ0) is 12.1. The smallest absolute Gasteiger partial charge is 0.0474 e. The maximum Gasteiger partial charge on any atom is 0.0474 e. The standard InChI is InChI=1S/C14H22N2O/c15-9-14(11-5-2-1-3-6-11)16-13-8-4-7-12(13)10-17/h1-3,5-6,12-14,16-17H,4,7-10,15H2. The van der Waals surface area contributed by atoms with Gasteiger partial charge in [0.15, 0.2) is 0 Å². The Morgan fingerprint density at radius 2 is 2.06 bits per heavy atom. The predicted octanol–water partition coefficient (Wildman–Crippen LogP) is 1.44. The van der Waals surface area contributed by atoms with Crippen LogP contribution >= 0.6 is 0 Å². The van der Waals surface area contributed by atoms with E-state index in [1.807, 2.05) is 18.2 Å². The lowest BCUT2D eigenvalue weighted by Crippen LogP contribution is -2.39. The van der Waals surface area contributed by atoms with Crippen molar-refractivity contribution in [1.29, 1.82) is 0 Å². The molecule has 3 heteroatoms. The Kier molecular flexibility index (Phi) is 4.54. The maximum atomic E-state index is 9.32. The zero-order valence-electron chi connectivity index (χ0n) is 10.2. The predicted molar refractivity (Wildman–Crippen MR) is 69.6 cm³/mol. The van der Waals surface area contributed by atoms with Crippen molar-refractivity contribution < 1.29 is 5.11 Å². The summed E-state index contributed by atoms with van der Waals surface area (Å²) in [5, 5.41) is 12.9. The number of rotatable bonds is 5. The fraction of sp³-hybridized carbons (Fsp3) is 0.571. The normalized spacial score (nSPS) is 26.0. The highest BCUT2D eigenvalue weighted by molar-refractivity contribution is 5.19. The van der Waals surface area contributed by atoms with Crippen LogP contribution in [-0.4, -0.2) is 24.3 Å². The van der Waals surface area contributed by atoms with Gasteiger partial charge in [-0.25, -0.2) is 0 Å². The van der Waals surface area contributed by atoms with Crippen molar-refractivity contribution in [3.63, 3.8) is 0 Å². The van der Waals surface area contributed by atoms with Gasteiger partial charge in [0.1, 0.15) is 0 Å². The lowest BCUT2D eigenvalue weighted by atomic mass is 10.0. The van der Waals surface area contributed by atoms with Crippen LogP contribution in [0.5, 0.6) is 0 Å². The first-order valence-electron chi connectivity index (χ1n) is 6.47. The highest BCUT2D eigenvalue weighted by atomic mass is 16.3.